The molecule has 0 radical (unpaired) electrons. The molecule has 3 aromatic rings. The quantitative estimate of drug-likeness (QED) is 0.809. The predicted octanol–water partition coefficient (Wildman–Crippen LogP) is 2.72. The summed E-state index contributed by atoms with van der Waals surface area (Å²) in [6.07, 6.45) is 7.53. The van der Waals surface area contributed by atoms with Gasteiger partial charge in [0.25, 0.3) is 5.91 Å². The molecule has 5 nitrogen and oxygen atoms in total. The number of aromatic amines is 1. The minimum Gasteiger partial charge on any atom is -0.346 e. The third-order valence-corrected chi connectivity index (χ3v) is 4.96. The number of pyridine rings is 1. The van der Waals surface area contributed by atoms with Gasteiger partial charge in [-0.05, 0) is 36.5 Å². The van der Waals surface area contributed by atoms with Crippen molar-refractivity contribution < 1.29 is 4.79 Å². The van der Waals surface area contributed by atoms with Gasteiger partial charge in [-0.2, -0.15) is 0 Å². The summed E-state index contributed by atoms with van der Waals surface area (Å²) in [6, 6.07) is 4.23. The van der Waals surface area contributed by atoms with Gasteiger partial charge in [0.2, 0.25) is 0 Å². The van der Waals surface area contributed by atoms with E-state index in [1.54, 1.807) is 11.7 Å². The first-order valence-corrected chi connectivity index (χ1v) is 8.27. The van der Waals surface area contributed by atoms with Crippen molar-refractivity contribution in [1.29, 1.82) is 0 Å². The fourth-order valence-electron chi connectivity index (χ4n) is 3.09. The van der Waals surface area contributed by atoms with Crippen LogP contribution in [0.5, 0.6) is 0 Å². The van der Waals surface area contributed by atoms with Crippen LogP contribution < -0.4 is 0 Å². The van der Waals surface area contributed by atoms with Gasteiger partial charge in [0.15, 0.2) is 0 Å². The van der Waals surface area contributed by atoms with Gasteiger partial charge in [0.05, 0.1) is 11.7 Å². The van der Waals surface area contributed by atoms with E-state index in [4.69, 9.17) is 0 Å². The second-order valence-corrected chi connectivity index (χ2v) is 6.62. The van der Waals surface area contributed by atoms with Crippen molar-refractivity contribution in [3.63, 3.8) is 0 Å². The molecule has 0 spiro atoms. The highest BCUT2D eigenvalue weighted by Gasteiger charge is 2.27. The average Bonchev–Trinajstić information content (AvgIpc) is 3.27. The summed E-state index contributed by atoms with van der Waals surface area (Å²) < 4.78 is 0. The van der Waals surface area contributed by atoms with Gasteiger partial charge in [0.1, 0.15) is 10.5 Å². The number of fused-ring (bicyclic) bond motifs is 1. The second-order valence-electron chi connectivity index (χ2n) is 5.73. The van der Waals surface area contributed by atoms with Crippen molar-refractivity contribution in [2.75, 3.05) is 13.1 Å². The summed E-state index contributed by atoms with van der Waals surface area (Å²) in [5.41, 5.74) is 3.87. The molecule has 3 aromatic heterocycles. The van der Waals surface area contributed by atoms with Crippen molar-refractivity contribution in [1.82, 2.24) is 19.9 Å². The Labute approximate surface area is 132 Å². The number of H-pyrrole nitrogens is 1. The van der Waals surface area contributed by atoms with Crippen molar-refractivity contribution >= 4 is 28.3 Å². The van der Waals surface area contributed by atoms with Gasteiger partial charge in [-0.3, -0.25) is 9.78 Å². The van der Waals surface area contributed by atoms with E-state index in [0.29, 0.717) is 5.92 Å². The first-order valence-electron chi connectivity index (χ1n) is 7.39. The van der Waals surface area contributed by atoms with Gasteiger partial charge in [-0.25, -0.2) is 4.98 Å². The molecule has 0 unspecified atom stereocenters. The maximum Gasteiger partial charge on any atom is 0.265 e. The first kappa shape index (κ1) is 13.5. The lowest BCUT2D eigenvalue weighted by Crippen LogP contribution is -2.28. The minimum absolute atomic E-state index is 0.115. The Bertz CT molecular complexity index is 795. The van der Waals surface area contributed by atoms with Crippen molar-refractivity contribution in [2.45, 2.75) is 12.8 Å². The molecular formula is C16H16N4OS. The van der Waals surface area contributed by atoms with Crippen LogP contribution in [0.15, 0.2) is 36.2 Å². The molecule has 0 saturated carbocycles. The largest absolute Gasteiger partial charge is 0.346 e. The summed E-state index contributed by atoms with van der Waals surface area (Å²) in [4.78, 5) is 26.5. The fraction of sp³-hybridized carbons (Fsp3) is 0.312. The minimum atomic E-state index is 0.115. The first-order chi connectivity index (χ1) is 10.8. The highest BCUT2D eigenvalue weighted by Crippen LogP contribution is 2.24. The molecule has 1 saturated heterocycles. The third-order valence-electron chi connectivity index (χ3n) is 4.20. The molecule has 1 aliphatic heterocycles. The van der Waals surface area contributed by atoms with E-state index < -0.39 is 0 Å². The highest BCUT2D eigenvalue weighted by atomic mass is 32.1. The van der Waals surface area contributed by atoms with E-state index in [0.717, 1.165) is 41.8 Å². The predicted molar refractivity (Wildman–Crippen MR) is 85.9 cm³/mol. The van der Waals surface area contributed by atoms with Gasteiger partial charge in [0, 0.05) is 30.9 Å². The van der Waals surface area contributed by atoms with E-state index in [2.05, 4.69) is 21.0 Å². The molecule has 22 heavy (non-hydrogen) atoms. The van der Waals surface area contributed by atoms with E-state index in [9.17, 15) is 4.79 Å². The Kier molecular flexibility index (Phi) is 3.38. The van der Waals surface area contributed by atoms with Gasteiger partial charge >= 0.3 is 0 Å². The number of hydrogen-bond donors (Lipinski definition) is 1. The molecule has 1 N–H and O–H groups in total. The maximum atomic E-state index is 12.3. The molecule has 112 valence electrons. The summed E-state index contributed by atoms with van der Waals surface area (Å²) in [5.74, 6) is 0.624. The SMILES string of the molecule is O=C(c1cncs1)N1CC[C@@H](Cc2cnc3[nH]ccc3c2)C1. The molecular weight excluding hydrogens is 296 g/mol. The van der Waals surface area contributed by atoms with Gasteiger partial charge in [-0.1, -0.05) is 0 Å². The van der Waals surface area contributed by atoms with Crippen LogP contribution in [0.1, 0.15) is 21.7 Å². The van der Waals surface area contributed by atoms with Crippen LogP contribution >= 0.6 is 11.3 Å². The second kappa shape index (κ2) is 5.53. The standard InChI is InChI=1S/C16H16N4OS/c21-16(14-8-17-10-22-14)20-4-2-11(9-20)5-12-6-13-1-3-18-15(13)19-7-12/h1,3,6-8,10-11H,2,4-5,9H2,(H,18,19)/t11-/m0/s1. The van der Waals surface area contributed by atoms with E-state index in [1.165, 1.54) is 16.9 Å². The van der Waals surface area contributed by atoms with Crippen LogP contribution in [0.4, 0.5) is 0 Å². The fourth-order valence-corrected chi connectivity index (χ4v) is 3.68. The number of hydrogen-bond acceptors (Lipinski definition) is 4. The lowest BCUT2D eigenvalue weighted by Gasteiger charge is -2.15. The van der Waals surface area contributed by atoms with E-state index >= 15 is 0 Å². The molecule has 1 fully saturated rings. The maximum absolute atomic E-state index is 12.3. The number of aromatic nitrogens is 3. The zero-order valence-corrected chi connectivity index (χ0v) is 12.8. The van der Waals surface area contributed by atoms with Crippen molar-refractivity contribution in [3.8, 4) is 0 Å². The molecule has 6 heteroatoms. The Balaban J connectivity index is 1.43. The van der Waals surface area contributed by atoms with Crippen LogP contribution in [0.3, 0.4) is 0 Å². The molecule has 4 heterocycles. The van der Waals surface area contributed by atoms with Crippen LogP contribution in [0.25, 0.3) is 11.0 Å². The van der Waals surface area contributed by atoms with Gasteiger partial charge < -0.3 is 9.88 Å². The number of carbonyl (C=O) groups excluding carboxylic acids is 1. The monoisotopic (exact) mass is 312 g/mol. The van der Waals surface area contributed by atoms with Crippen molar-refractivity contribution in [3.05, 3.63) is 46.7 Å². The number of likely N-dealkylation sites (tertiary alicyclic amines) is 1. The molecule has 1 amide bonds. The highest BCUT2D eigenvalue weighted by molar-refractivity contribution is 7.11. The molecule has 1 aliphatic rings. The Hall–Kier alpha value is -2.21. The lowest BCUT2D eigenvalue weighted by molar-refractivity contribution is 0.0791. The third kappa shape index (κ3) is 2.50. The topological polar surface area (TPSA) is 61.9 Å². The number of rotatable bonds is 3. The Morgan fingerprint density at radius 1 is 1.45 bits per heavy atom. The van der Waals surface area contributed by atoms with Crippen LogP contribution in [0.2, 0.25) is 0 Å². The number of thiazole rings is 1. The van der Waals surface area contributed by atoms with Crippen LogP contribution in [-0.2, 0) is 6.42 Å². The summed E-state index contributed by atoms with van der Waals surface area (Å²) in [7, 11) is 0. The molecule has 0 aromatic carbocycles. The normalized spacial score (nSPS) is 18.2. The lowest BCUT2D eigenvalue weighted by atomic mass is 9.99. The van der Waals surface area contributed by atoms with Crippen LogP contribution in [0, 0.1) is 5.92 Å². The number of carbonyl (C=O) groups is 1. The van der Waals surface area contributed by atoms with E-state index in [1.807, 2.05) is 23.4 Å². The number of nitrogens with zero attached hydrogens (tertiary/aromatic N) is 3. The zero-order valence-electron chi connectivity index (χ0n) is 12.0. The average molecular weight is 312 g/mol. The Morgan fingerprint density at radius 3 is 3.27 bits per heavy atom. The smallest absolute Gasteiger partial charge is 0.265 e. The van der Waals surface area contributed by atoms with Gasteiger partial charge in [-0.15, -0.1) is 11.3 Å². The van der Waals surface area contributed by atoms with E-state index in [-0.39, 0.29) is 5.91 Å². The Morgan fingerprint density at radius 2 is 2.41 bits per heavy atom. The van der Waals surface area contributed by atoms with Crippen molar-refractivity contribution in [2.24, 2.45) is 5.92 Å². The molecule has 1 atom stereocenters. The molecule has 0 bridgehead atoms. The zero-order chi connectivity index (χ0) is 14.9. The number of amides is 1. The summed E-state index contributed by atoms with van der Waals surface area (Å²) in [5, 5.41) is 1.15. The molecule has 0 aliphatic carbocycles. The summed E-state index contributed by atoms with van der Waals surface area (Å²) in [6.45, 7) is 1.66. The molecule has 4 rings (SSSR count). The number of nitrogens with one attached hydrogen (secondary N) is 1. The summed E-state index contributed by atoms with van der Waals surface area (Å²) >= 11 is 1.41. The van der Waals surface area contributed by atoms with Crippen LogP contribution in [-0.4, -0.2) is 38.8 Å².